The Balaban J connectivity index is 0. The first-order valence-corrected chi connectivity index (χ1v) is 1.22. The van der Waals surface area contributed by atoms with E-state index >= 15 is 0 Å². The summed E-state index contributed by atoms with van der Waals surface area (Å²) in [6, 6.07) is 0. The van der Waals surface area contributed by atoms with Crippen LogP contribution in [0.1, 0.15) is 0 Å². The van der Waals surface area contributed by atoms with Crippen molar-refractivity contribution in [1.82, 2.24) is 0 Å². The third kappa shape index (κ3) is 33.7. The molecule has 24 valence electrons. The molecule has 0 aliphatic carbocycles. The van der Waals surface area contributed by atoms with Crippen molar-refractivity contribution in [2.45, 2.75) is 0 Å². The molecule has 0 saturated heterocycles. The van der Waals surface area contributed by atoms with Gasteiger partial charge in [-0.15, -0.1) is 0 Å². The molecule has 0 bridgehead atoms. The molecule has 0 radical (unpaired) electrons. The second-order valence-electron chi connectivity index (χ2n) is 0.0833. The van der Waals surface area contributed by atoms with E-state index in [-0.39, 0.29) is 17.6 Å². The van der Waals surface area contributed by atoms with Gasteiger partial charge in [0, 0.05) is 0 Å². The van der Waals surface area contributed by atoms with Gasteiger partial charge in [0.05, 0.1) is 0 Å². The quantitative estimate of drug-likeness (QED) is 0.359. The molecule has 0 atom stereocenters. The van der Waals surface area contributed by atoms with Crippen molar-refractivity contribution in [2.24, 2.45) is 0 Å². The predicted octanol–water partition coefficient (Wildman–Crippen LogP) is -2.07. The van der Waals surface area contributed by atoms with Crippen LogP contribution in [0.5, 0.6) is 0 Å². The van der Waals surface area contributed by atoms with Gasteiger partial charge in [-0.1, -0.05) is 0 Å². The molecule has 0 aromatic rings. The van der Waals surface area contributed by atoms with Gasteiger partial charge in [-0.25, -0.2) is 0 Å². The molecule has 0 aromatic carbocycles. The van der Waals surface area contributed by atoms with Crippen LogP contribution in [0.2, 0.25) is 0 Å². The zero-order valence-electron chi connectivity index (χ0n) is 1.32. The summed E-state index contributed by atoms with van der Waals surface area (Å²) >= 11 is 0. The van der Waals surface area contributed by atoms with Crippen LogP contribution in [0.4, 0.5) is 0 Å². The van der Waals surface area contributed by atoms with Crippen LogP contribution in [0.3, 0.4) is 0 Å². The Kier molecular flexibility index (Phi) is 22.4. The summed E-state index contributed by atoms with van der Waals surface area (Å²) in [6.45, 7) is 0. The second-order valence-corrected chi connectivity index (χ2v) is 0.250. The van der Waals surface area contributed by atoms with Crippen molar-refractivity contribution in [1.29, 1.82) is 0 Å². The Morgan fingerprint density at radius 3 is 1.25 bits per heavy atom. The predicted molar refractivity (Wildman–Crippen MR) is 18.5 cm³/mol. The molecule has 0 N–H and O–H groups in total. The molecule has 0 amide bonds. The fourth-order valence-corrected chi connectivity index (χ4v) is 0. The van der Waals surface area contributed by atoms with Gasteiger partial charge in [-0.05, 0) is 0 Å². The number of rotatable bonds is 0. The summed E-state index contributed by atoms with van der Waals surface area (Å²) in [4.78, 5) is 0. The van der Waals surface area contributed by atoms with Crippen LogP contribution in [0.25, 0.3) is 0 Å². The van der Waals surface area contributed by atoms with Gasteiger partial charge in [0.15, 0.2) is 0 Å². The molecule has 4 heavy (non-hydrogen) atoms. The van der Waals surface area contributed by atoms with E-state index in [2.05, 4.69) is 0 Å². The summed E-state index contributed by atoms with van der Waals surface area (Å²) in [5, 5.41) is 0. The molecular weight excluding hydrogens is 133 g/mol. The molecule has 0 spiro atoms. The summed E-state index contributed by atoms with van der Waals surface area (Å²) in [7, 11) is -1.42. The fraction of sp³-hybridized carbons (Fsp3) is 0. The molecule has 2 nitrogen and oxygen atoms in total. The molecule has 0 heterocycles. The van der Waals surface area contributed by atoms with E-state index in [1.54, 1.807) is 0 Å². The summed E-state index contributed by atoms with van der Waals surface area (Å²) in [5.74, 6) is 0. The van der Waals surface area contributed by atoms with Crippen LogP contribution >= 0.6 is 0 Å². The number of hydrogen-bond donors (Lipinski definition) is 0. The fourth-order valence-electron chi connectivity index (χ4n) is 0. The normalized spacial score (nSPS) is 2.00. The van der Waals surface area contributed by atoms with Crippen LogP contribution in [-0.2, 0) is 8.92 Å². The Hall–Kier alpha value is 0.360. The third-order valence-corrected chi connectivity index (χ3v) is 0. The first-order valence-electron chi connectivity index (χ1n) is 0.408. The van der Waals surface area contributed by atoms with Gasteiger partial charge in [-0.3, -0.25) is 8.92 Å². The minimum atomic E-state index is -1.42. The zero-order valence-corrected chi connectivity index (χ0v) is 2.32. The van der Waals surface area contributed by atoms with E-state index in [1.165, 1.54) is 0 Å². The van der Waals surface area contributed by atoms with Crippen molar-refractivity contribution >= 4 is 26.9 Å². The Morgan fingerprint density at radius 1 is 1.25 bits per heavy atom. The average Bonchev–Trinajstić information content (AvgIpc) is 0.918. The van der Waals surface area contributed by atoms with Gasteiger partial charge >= 0.3 is 26.9 Å². The Morgan fingerprint density at radius 2 is 1.25 bits per heavy atom. The van der Waals surface area contributed by atoms with Crippen LogP contribution in [-0.4, -0.2) is 26.9 Å². The monoisotopic (exact) mass is 138 g/mol. The molecule has 0 saturated carbocycles. The maximum absolute atomic E-state index is 8.40. The van der Waals surface area contributed by atoms with Gasteiger partial charge in [-0.2, -0.15) is 0 Å². The van der Waals surface area contributed by atoms with Crippen molar-refractivity contribution in [3.8, 4) is 0 Å². The van der Waals surface area contributed by atoms with Crippen LogP contribution in [0, 0.1) is 0 Å². The van der Waals surface area contributed by atoms with Crippen LogP contribution in [0.15, 0.2) is 0 Å². The number of hydrogen-bond acceptors (Lipinski definition) is 2. The van der Waals surface area contributed by atoms with E-state index in [4.69, 9.17) is 8.92 Å². The van der Waals surface area contributed by atoms with Gasteiger partial charge in [0.2, 0.25) is 0 Å². The second kappa shape index (κ2) is 10.1. The van der Waals surface area contributed by atoms with Crippen molar-refractivity contribution in [3.63, 3.8) is 0 Å². The molecular formula is H4GeO2Si. The van der Waals surface area contributed by atoms with Gasteiger partial charge in [0.25, 0.3) is 0 Å². The topological polar surface area (TPSA) is 34.1 Å². The molecule has 0 aliphatic rings. The average molecular weight is 137 g/mol. The first kappa shape index (κ1) is 8.84. The zero-order chi connectivity index (χ0) is 2.71. The van der Waals surface area contributed by atoms with E-state index in [0.717, 1.165) is 0 Å². The first-order chi connectivity index (χ1) is 1.41. The van der Waals surface area contributed by atoms with E-state index < -0.39 is 9.29 Å². The minimum absolute atomic E-state index is 0. The van der Waals surface area contributed by atoms with Crippen molar-refractivity contribution in [2.75, 3.05) is 0 Å². The molecule has 0 rings (SSSR count). The molecule has 0 fully saturated rings. The van der Waals surface area contributed by atoms with Crippen LogP contribution < -0.4 is 0 Å². The van der Waals surface area contributed by atoms with Crippen molar-refractivity contribution in [3.05, 3.63) is 0 Å². The van der Waals surface area contributed by atoms with Crippen molar-refractivity contribution < 1.29 is 8.92 Å². The summed E-state index contributed by atoms with van der Waals surface area (Å²) in [6.07, 6.45) is 0. The molecule has 0 aliphatic heterocycles. The van der Waals surface area contributed by atoms with E-state index in [0.29, 0.717) is 0 Å². The van der Waals surface area contributed by atoms with E-state index in [1.807, 2.05) is 0 Å². The molecule has 0 aromatic heterocycles. The standard InChI is InChI=1S/GeH4.O2Si/c;1-3-2/h1H4;. The van der Waals surface area contributed by atoms with Gasteiger partial charge < -0.3 is 0 Å². The maximum atomic E-state index is 8.40. The molecule has 0 unspecified atom stereocenters. The van der Waals surface area contributed by atoms with Gasteiger partial charge in [0.1, 0.15) is 0 Å². The Labute approximate surface area is 36.5 Å². The summed E-state index contributed by atoms with van der Waals surface area (Å²) in [5.41, 5.74) is 0. The SMILES string of the molecule is O=[Si]=O.[GeH4]. The summed E-state index contributed by atoms with van der Waals surface area (Å²) < 4.78 is 16.8. The third-order valence-electron chi connectivity index (χ3n) is 0. The molecule has 4 heteroatoms. The van der Waals surface area contributed by atoms with E-state index in [9.17, 15) is 0 Å². The Bertz CT molecular complexity index is 27.0.